The molecule has 0 amide bonds. The topological polar surface area (TPSA) is 83.7 Å². The van der Waals surface area contributed by atoms with E-state index in [0.29, 0.717) is 23.1 Å². The second-order valence-corrected chi connectivity index (χ2v) is 7.38. The molecule has 27 heavy (non-hydrogen) atoms. The molecule has 1 aliphatic carbocycles. The normalized spacial score (nSPS) is 19.1. The molecule has 0 aromatic carbocycles. The van der Waals surface area contributed by atoms with E-state index in [2.05, 4.69) is 22.3 Å². The summed E-state index contributed by atoms with van der Waals surface area (Å²) in [5.74, 6) is 0.492. The van der Waals surface area contributed by atoms with Crippen molar-refractivity contribution >= 4 is 11.2 Å². The minimum Gasteiger partial charge on any atom is -0.406 e. The van der Waals surface area contributed by atoms with Crippen molar-refractivity contribution in [3.8, 4) is 11.4 Å². The van der Waals surface area contributed by atoms with Gasteiger partial charge in [0.1, 0.15) is 0 Å². The lowest BCUT2D eigenvalue weighted by Crippen LogP contribution is -2.09. The SMILES string of the molecule is Cc1cc(-c2cc(C3CC3c3cnn(C)c3)nn2C)nc2c1oc(=O)n2C. The van der Waals surface area contributed by atoms with Crippen LogP contribution >= 0.6 is 0 Å². The molecule has 2 unspecified atom stereocenters. The molecular weight excluding hydrogens is 344 g/mol. The zero-order valence-electron chi connectivity index (χ0n) is 15.7. The zero-order chi connectivity index (χ0) is 18.9. The third-order valence-electron chi connectivity index (χ3n) is 5.41. The van der Waals surface area contributed by atoms with Crippen molar-refractivity contribution in [1.82, 2.24) is 29.1 Å². The van der Waals surface area contributed by atoms with Crippen molar-refractivity contribution in [2.45, 2.75) is 25.2 Å². The summed E-state index contributed by atoms with van der Waals surface area (Å²) in [5.41, 5.74) is 6.03. The van der Waals surface area contributed by atoms with E-state index in [1.54, 1.807) is 7.05 Å². The van der Waals surface area contributed by atoms with Crippen LogP contribution in [0.25, 0.3) is 22.6 Å². The Hall–Kier alpha value is -3.16. The largest absolute Gasteiger partial charge is 0.420 e. The Balaban J connectivity index is 1.53. The predicted molar refractivity (Wildman–Crippen MR) is 99.5 cm³/mol. The van der Waals surface area contributed by atoms with Gasteiger partial charge in [-0.15, -0.1) is 0 Å². The number of hydrogen-bond acceptors (Lipinski definition) is 5. The Morgan fingerprint density at radius 1 is 1.19 bits per heavy atom. The molecule has 1 aliphatic rings. The highest BCUT2D eigenvalue weighted by molar-refractivity contribution is 5.76. The highest BCUT2D eigenvalue weighted by Gasteiger charge is 2.42. The number of nitrogens with zero attached hydrogens (tertiary/aromatic N) is 6. The summed E-state index contributed by atoms with van der Waals surface area (Å²) >= 11 is 0. The molecule has 138 valence electrons. The minimum absolute atomic E-state index is 0.402. The maximum absolute atomic E-state index is 11.8. The Kier molecular flexibility index (Phi) is 3.22. The lowest BCUT2D eigenvalue weighted by atomic mass is 10.1. The van der Waals surface area contributed by atoms with Crippen molar-refractivity contribution in [3.05, 3.63) is 51.9 Å². The number of hydrogen-bond donors (Lipinski definition) is 0. The van der Waals surface area contributed by atoms with E-state index in [1.807, 2.05) is 42.6 Å². The first-order valence-electron chi connectivity index (χ1n) is 8.92. The van der Waals surface area contributed by atoms with Gasteiger partial charge in [-0.3, -0.25) is 13.9 Å². The van der Waals surface area contributed by atoms with Crippen LogP contribution in [0.5, 0.6) is 0 Å². The molecule has 4 heterocycles. The minimum atomic E-state index is -0.402. The van der Waals surface area contributed by atoms with Gasteiger partial charge in [0, 0.05) is 33.3 Å². The number of pyridine rings is 1. The molecule has 8 heteroatoms. The molecule has 0 aliphatic heterocycles. The van der Waals surface area contributed by atoms with Crippen molar-refractivity contribution in [1.29, 1.82) is 0 Å². The molecular formula is C19H20N6O2. The molecule has 2 atom stereocenters. The maximum atomic E-state index is 11.8. The Morgan fingerprint density at radius 3 is 2.74 bits per heavy atom. The lowest BCUT2D eigenvalue weighted by Gasteiger charge is -2.03. The fraction of sp³-hybridized carbons (Fsp3) is 0.368. The van der Waals surface area contributed by atoms with Crippen LogP contribution in [0.2, 0.25) is 0 Å². The summed E-state index contributed by atoms with van der Waals surface area (Å²) in [7, 11) is 5.53. The molecule has 0 spiro atoms. The van der Waals surface area contributed by atoms with Gasteiger partial charge in [0.2, 0.25) is 0 Å². The summed E-state index contributed by atoms with van der Waals surface area (Å²) < 4.78 is 10.4. The van der Waals surface area contributed by atoms with E-state index in [-0.39, 0.29) is 0 Å². The molecule has 0 radical (unpaired) electrons. The van der Waals surface area contributed by atoms with E-state index in [9.17, 15) is 4.79 Å². The molecule has 1 fully saturated rings. The van der Waals surface area contributed by atoms with E-state index < -0.39 is 5.76 Å². The number of oxazole rings is 1. The average Bonchev–Trinajstić information content (AvgIpc) is 3.01. The first-order valence-corrected chi connectivity index (χ1v) is 8.92. The van der Waals surface area contributed by atoms with Gasteiger partial charge >= 0.3 is 5.76 Å². The number of rotatable bonds is 3. The summed E-state index contributed by atoms with van der Waals surface area (Å²) in [5, 5.41) is 9.00. The Bertz CT molecular complexity index is 1240. The van der Waals surface area contributed by atoms with Gasteiger partial charge in [-0.1, -0.05) is 0 Å². The highest BCUT2D eigenvalue weighted by Crippen LogP contribution is 2.54. The number of aromatic nitrogens is 6. The lowest BCUT2D eigenvalue weighted by molar-refractivity contribution is 0.526. The van der Waals surface area contributed by atoms with E-state index in [0.717, 1.165) is 29.1 Å². The van der Waals surface area contributed by atoms with Crippen molar-refractivity contribution in [2.75, 3.05) is 0 Å². The van der Waals surface area contributed by atoms with Crippen LogP contribution in [-0.2, 0) is 21.1 Å². The summed E-state index contributed by atoms with van der Waals surface area (Å²) in [6.07, 6.45) is 5.10. The summed E-state index contributed by atoms with van der Waals surface area (Å²) in [4.78, 5) is 16.5. The molecule has 1 saturated carbocycles. The molecule has 0 N–H and O–H groups in total. The van der Waals surface area contributed by atoms with Crippen LogP contribution in [-0.4, -0.2) is 29.1 Å². The molecule has 8 nitrogen and oxygen atoms in total. The van der Waals surface area contributed by atoms with Crippen LogP contribution in [0, 0.1) is 6.92 Å². The number of fused-ring (bicyclic) bond motifs is 1. The van der Waals surface area contributed by atoms with Crippen LogP contribution in [0.15, 0.2) is 33.7 Å². The van der Waals surface area contributed by atoms with Gasteiger partial charge in [0.15, 0.2) is 11.2 Å². The van der Waals surface area contributed by atoms with Crippen LogP contribution < -0.4 is 5.76 Å². The van der Waals surface area contributed by atoms with Gasteiger partial charge < -0.3 is 4.42 Å². The molecule has 0 bridgehead atoms. The monoisotopic (exact) mass is 364 g/mol. The fourth-order valence-corrected chi connectivity index (χ4v) is 3.80. The molecule has 4 aromatic rings. The molecule has 4 aromatic heterocycles. The summed E-state index contributed by atoms with van der Waals surface area (Å²) in [6, 6.07) is 4.05. The number of aryl methyl sites for hydroxylation is 4. The van der Waals surface area contributed by atoms with Crippen LogP contribution in [0.4, 0.5) is 0 Å². The zero-order valence-corrected chi connectivity index (χ0v) is 15.7. The second-order valence-electron chi connectivity index (χ2n) is 7.38. The van der Waals surface area contributed by atoms with E-state index in [4.69, 9.17) is 9.52 Å². The predicted octanol–water partition coefficient (Wildman–Crippen LogP) is 2.24. The van der Waals surface area contributed by atoms with E-state index in [1.165, 1.54) is 10.1 Å². The third kappa shape index (κ3) is 2.43. The smallest absolute Gasteiger partial charge is 0.406 e. The van der Waals surface area contributed by atoms with E-state index >= 15 is 0 Å². The molecule has 5 rings (SSSR count). The van der Waals surface area contributed by atoms with Crippen molar-refractivity contribution < 1.29 is 4.42 Å². The van der Waals surface area contributed by atoms with Gasteiger partial charge in [-0.25, -0.2) is 9.78 Å². The van der Waals surface area contributed by atoms with Gasteiger partial charge in [0.05, 0.1) is 23.3 Å². The first-order chi connectivity index (χ1) is 12.9. The van der Waals surface area contributed by atoms with Crippen molar-refractivity contribution in [2.24, 2.45) is 21.1 Å². The first kappa shape index (κ1) is 16.0. The van der Waals surface area contributed by atoms with Gasteiger partial charge in [0.25, 0.3) is 0 Å². The van der Waals surface area contributed by atoms with Gasteiger partial charge in [-0.05, 0) is 42.5 Å². The van der Waals surface area contributed by atoms with Gasteiger partial charge in [-0.2, -0.15) is 10.2 Å². The molecule has 0 saturated heterocycles. The maximum Gasteiger partial charge on any atom is 0.420 e. The van der Waals surface area contributed by atoms with Crippen molar-refractivity contribution in [3.63, 3.8) is 0 Å². The van der Waals surface area contributed by atoms with Crippen LogP contribution in [0.1, 0.15) is 35.1 Å². The third-order valence-corrected chi connectivity index (χ3v) is 5.41. The fourth-order valence-electron chi connectivity index (χ4n) is 3.80. The highest BCUT2D eigenvalue weighted by atomic mass is 16.4. The Labute approximate surface area is 155 Å². The standard InChI is InChI=1S/C19H20N6O2/c1-10-5-15(21-18-17(10)27-19(26)24(18)3)16-7-14(22-25(16)4)13-6-12(13)11-8-20-23(2)9-11/h5,7-9,12-13H,6H2,1-4H3. The quantitative estimate of drug-likeness (QED) is 0.557. The second kappa shape index (κ2) is 5.42. The summed E-state index contributed by atoms with van der Waals surface area (Å²) in [6.45, 7) is 1.92. The average molecular weight is 364 g/mol. The van der Waals surface area contributed by atoms with Crippen LogP contribution in [0.3, 0.4) is 0 Å². The Morgan fingerprint density at radius 2 is 2.00 bits per heavy atom.